The molecule has 2 aromatic carbocycles. The van der Waals surface area contributed by atoms with Crippen molar-refractivity contribution in [3.8, 4) is 5.75 Å². The highest BCUT2D eigenvalue weighted by molar-refractivity contribution is 9.10. The lowest BCUT2D eigenvalue weighted by molar-refractivity contribution is 0.179. The maximum Gasteiger partial charge on any atom is 0.142 e. The molecule has 0 saturated heterocycles. The van der Waals surface area contributed by atoms with E-state index in [1.807, 2.05) is 36.4 Å². The molecule has 0 heterocycles. The number of aliphatic hydroxyl groups is 1. The van der Waals surface area contributed by atoms with Gasteiger partial charge in [0.1, 0.15) is 5.75 Å². The van der Waals surface area contributed by atoms with Gasteiger partial charge >= 0.3 is 0 Å². The molecule has 100 valence electrons. The smallest absolute Gasteiger partial charge is 0.142 e. The van der Waals surface area contributed by atoms with E-state index in [2.05, 4.69) is 15.9 Å². The van der Waals surface area contributed by atoms with Crippen LogP contribution in [0.2, 0.25) is 0 Å². The number of aliphatic hydroxyl groups excluding tert-OH is 1. The summed E-state index contributed by atoms with van der Waals surface area (Å²) in [5, 5.41) is 10.3. The van der Waals surface area contributed by atoms with E-state index in [0.29, 0.717) is 23.4 Å². The Morgan fingerprint density at radius 3 is 2.53 bits per heavy atom. The number of nitrogen functional groups attached to an aromatic ring is 1. The Bertz CT molecular complexity index is 555. The molecular formula is C15H16BrNO2. The summed E-state index contributed by atoms with van der Waals surface area (Å²) < 4.78 is 6.18. The van der Waals surface area contributed by atoms with Crippen LogP contribution in [-0.2, 0) is 6.42 Å². The molecule has 1 atom stereocenters. The van der Waals surface area contributed by atoms with E-state index in [9.17, 15) is 5.11 Å². The van der Waals surface area contributed by atoms with E-state index in [1.54, 1.807) is 13.2 Å². The minimum absolute atomic E-state index is 0.495. The number of anilines is 1. The van der Waals surface area contributed by atoms with Crippen LogP contribution in [0.1, 0.15) is 17.2 Å². The maximum atomic E-state index is 10.3. The van der Waals surface area contributed by atoms with Gasteiger partial charge in [-0.1, -0.05) is 40.2 Å². The summed E-state index contributed by atoms with van der Waals surface area (Å²) in [6.07, 6.45) is -0.124. The lowest BCUT2D eigenvalue weighted by Crippen LogP contribution is -2.06. The van der Waals surface area contributed by atoms with Crippen LogP contribution in [-0.4, -0.2) is 12.2 Å². The number of halogens is 1. The molecule has 3 nitrogen and oxygen atoms in total. The molecule has 2 rings (SSSR count). The molecule has 2 aromatic rings. The molecule has 0 spiro atoms. The predicted octanol–water partition coefficient (Wildman–Crippen LogP) is 3.32. The van der Waals surface area contributed by atoms with Gasteiger partial charge in [-0.3, -0.25) is 0 Å². The van der Waals surface area contributed by atoms with Crippen LogP contribution >= 0.6 is 15.9 Å². The number of hydrogen-bond donors (Lipinski definition) is 2. The van der Waals surface area contributed by atoms with Crippen molar-refractivity contribution in [3.63, 3.8) is 0 Å². The molecule has 0 saturated carbocycles. The van der Waals surface area contributed by atoms with Crippen molar-refractivity contribution >= 4 is 21.6 Å². The fourth-order valence-corrected chi connectivity index (χ4v) is 2.25. The highest BCUT2D eigenvalue weighted by Crippen LogP contribution is 2.31. The average Bonchev–Trinajstić information content (AvgIpc) is 2.41. The summed E-state index contributed by atoms with van der Waals surface area (Å²) >= 11 is 3.39. The van der Waals surface area contributed by atoms with Gasteiger partial charge in [0.15, 0.2) is 0 Å². The molecule has 1 unspecified atom stereocenters. The largest absolute Gasteiger partial charge is 0.495 e. The van der Waals surface area contributed by atoms with Crippen molar-refractivity contribution in [3.05, 3.63) is 58.1 Å². The van der Waals surface area contributed by atoms with Gasteiger partial charge in [0.05, 0.1) is 18.9 Å². The number of benzene rings is 2. The first-order valence-electron chi connectivity index (χ1n) is 5.96. The highest BCUT2D eigenvalue weighted by Gasteiger charge is 2.14. The second-order valence-corrected chi connectivity index (χ2v) is 5.23. The minimum Gasteiger partial charge on any atom is -0.495 e. The minimum atomic E-state index is -0.642. The summed E-state index contributed by atoms with van der Waals surface area (Å²) in [4.78, 5) is 0. The van der Waals surface area contributed by atoms with Gasteiger partial charge in [-0.25, -0.2) is 0 Å². The van der Waals surface area contributed by atoms with E-state index < -0.39 is 6.10 Å². The van der Waals surface area contributed by atoms with E-state index >= 15 is 0 Å². The third-order valence-corrected chi connectivity index (χ3v) is 3.55. The zero-order valence-electron chi connectivity index (χ0n) is 10.6. The van der Waals surface area contributed by atoms with Gasteiger partial charge < -0.3 is 15.6 Å². The Labute approximate surface area is 121 Å². The summed E-state index contributed by atoms with van der Waals surface area (Å²) in [5.41, 5.74) is 8.23. The lowest BCUT2D eigenvalue weighted by Gasteiger charge is -2.15. The quantitative estimate of drug-likeness (QED) is 0.849. The molecule has 4 heteroatoms. The maximum absolute atomic E-state index is 10.3. The fourth-order valence-electron chi connectivity index (χ4n) is 1.98. The standard InChI is InChI=1S/C15H16BrNO2/c1-19-14-4-2-3-12(15(14)17)13(18)9-10-5-7-11(16)8-6-10/h2-8,13,18H,9,17H2,1H3. The van der Waals surface area contributed by atoms with Crippen molar-refractivity contribution in [1.82, 2.24) is 0 Å². The number of hydrogen-bond acceptors (Lipinski definition) is 3. The SMILES string of the molecule is COc1cccc(C(O)Cc2ccc(Br)cc2)c1N. The summed E-state index contributed by atoms with van der Waals surface area (Å²) in [6, 6.07) is 13.3. The number of nitrogens with two attached hydrogens (primary N) is 1. The zero-order valence-corrected chi connectivity index (χ0v) is 12.2. The molecule has 0 aliphatic rings. The number of para-hydroxylation sites is 1. The molecule has 3 N–H and O–H groups in total. The lowest BCUT2D eigenvalue weighted by atomic mass is 10.00. The number of methoxy groups -OCH3 is 1. The monoisotopic (exact) mass is 321 g/mol. The van der Waals surface area contributed by atoms with Crippen molar-refractivity contribution in [2.45, 2.75) is 12.5 Å². The van der Waals surface area contributed by atoms with Crippen LogP contribution < -0.4 is 10.5 Å². The Morgan fingerprint density at radius 1 is 1.21 bits per heavy atom. The van der Waals surface area contributed by atoms with Crippen molar-refractivity contribution in [1.29, 1.82) is 0 Å². The molecule has 0 aromatic heterocycles. The molecule has 0 bridgehead atoms. The first kappa shape index (κ1) is 13.9. The van der Waals surface area contributed by atoms with E-state index in [-0.39, 0.29) is 0 Å². The van der Waals surface area contributed by atoms with Gasteiger partial charge in [-0.05, 0) is 23.8 Å². The third kappa shape index (κ3) is 3.28. The Kier molecular flexibility index (Phi) is 4.45. The average molecular weight is 322 g/mol. The molecule has 0 aliphatic carbocycles. The third-order valence-electron chi connectivity index (χ3n) is 3.02. The van der Waals surface area contributed by atoms with Crippen LogP contribution in [0.3, 0.4) is 0 Å². The Morgan fingerprint density at radius 2 is 1.89 bits per heavy atom. The van der Waals surface area contributed by atoms with Crippen molar-refractivity contribution in [2.24, 2.45) is 0 Å². The fraction of sp³-hybridized carbons (Fsp3) is 0.200. The summed E-state index contributed by atoms with van der Waals surface area (Å²) in [6.45, 7) is 0. The van der Waals surface area contributed by atoms with Crippen LogP contribution in [0.25, 0.3) is 0 Å². The van der Waals surface area contributed by atoms with Crippen LogP contribution in [0.4, 0.5) is 5.69 Å². The summed E-state index contributed by atoms with van der Waals surface area (Å²) in [7, 11) is 1.57. The van der Waals surface area contributed by atoms with E-state index in [0.717, 1.165) is 10.0 Å². The number of rotatable bonds is 4. The zero-order chi connectivity index (χ0) is 13.8. The van der Waals surface area contributed by atoms with Crippen LogP contribution in [0.15, 0.2) is 46.9 Å². The van der Waals surface area contributed by atoms with Crippen LogP contribution in [0.5, 0.6) is 5.75 Å². The van der Waals surface area contributed by atoms with E-state index in [1.165, 1.54) is 0 Å². The van der Waals surface area contributed by atoms with E-state index in [4.69, 9.17) is 10.5 Å². The van der Waals surface area contributed by atoms with Crippen molar-refractivity contribution in [2.75, 3.05) is 12.8 Å². The van der Waals surface area contributed by atoms with Gasteiger partial charge in [0.2, 0.25) is 0 Å². The van der Waals surface area contributed by atoms with Gasteiger partial charge in [-0.15, -0.1) is 0 Å². The Balaban J connectivity index is 2.20. The van der Waals surface area contributed by atoms with Gasteiger partial charge in [-0.2, -0.15) is 0 Å². The van der Waals surface area contributed by atoms with Gasteiger partial charge in [0, 0.05) is 16.5 Å². The van der Waals surface area contributed by atoms with Crippen molar-refractivity contribution < 1.29 is 9.84 Å². The molecule has 0 amide bonds. The molecule has 0 radical (unpaired) electrons. The number of ether oxygens (including phenoxy) is 1. The highest BCUT2D eigenvalue weighted by atomic mass is 79.9. The van der Waals surface area contributed by atoms with Crippen LogP contribution in [0, 0.1) is 0 Å². The molecule has 0 fully saturated rings. The molecule has 19 heavy (non-hydrogen) atoms. The Hall–Kier alpha value is -1.52. The first-order chi connectivity index (χ1) is 9.11. The second kappa shape index (κ2) is 6.08. The summed E-state index contributed by atoms with van der Waals surface area (Å²) in [5.74, 6) is 0.590. The van der Waals surface area contributed by atoms with Gasteiger partial charge in [0.25, 0.3) is 0 Å². The second-order valence-electron chi connectivity index (χ2n) is 4.31. The topological polar surface area (TPSA) is 55.5 Å². The molecular weight excluding hydrogens is 306 g/mol. The first-order valence-corrected chi connectivity index (χ1v) is 6.76. The predicted molar refractivity (Wildman–Crippen MR) is 80.2 cm³/mol. The molecule has 0 aliphatic heterocycles. The normalized spacial score (nSPS) is 12.2.